The van der Waals surface area contributed by atoms with Gasteiger partial charge in [0.05, 0.1) is 6.61 Å². The lowest BCUT2D eigenvalue weighted by atomic mass is 10.3. The Labute approximate surface area is 100 Å². The smallest absolute Gasteiger partial charge is 0.344 e. The zero-order valence-corrected chi connectivity index (χ0v) is 9.85. The molecule has 0 saturated carbocycles. The Bertz CT molecular complexity index is 337. The summed E-state index contributed by atoms with van der Waals surface area (Å²) >= 11 is 0. The molecule has 0 atom stereocenters. The summed E-state index contributed by atoms with van der Waals surface area (Å²) in [5.74, 6) is 0.938. The fourth-order valence-corrected chi connectivity index (χ4v) is 1.15. The van der Waals surface area contributed by atoms with Crippen molar-refractivity contribution in [1.82, 2.24) is 0 Å². The maximum atomic E-state index is 11.0. The molecule has 94 valence electrons. The number of ether oxygens (including phenoxy) is 3. The first-order valence-corrected chi connectivity index (χ1v) is 5.47. The van der Waals surface area contributed by atoms with E-state index in [9.17, 15) is 4.79 Å². The second-order valence-electron chi connectivity index (χ2n) is 3.20. The van der Waals surface area contributed by atoms with E-state index in [-0.39, 0.29) is 12.6 Å². The number of carbonyl (C=O) groups is 1. The maximum absolute atomic E-state index is 11.0. The molecule has 5 nitrogen and oxygen atoms in total. The van der Waals surface area contributed by atoms with Crippen molar-refractivity contribution < 1.29 is 19.0 Å². The summed E-state index contributed by atoms with van der Waals surface area (Å²) < 4.78 is 15.3. The monoisotopic (exact) mass is 239 g/mol. The molecule has 0 aliphatic heterocycles. The minimum Gasteiger partial charge on any atom is -0.492 e. The molecule has 0 radical (unpaired) electrons. The fourth-order valence-electron chi connectivity index (χ4n) is 1.15. The van der Waals surface area contributed by atoms with Gasteiger partial charge < -0.3 is 19.9 Å². The average molecular weight is 239 g/mol. The summed E-state index contributed by atoms with van der Waals surface area (Å²) in [4.78, 5) is 11.0. The summed E-state index contributed by atoms with van der Waals surface area (Å²) in [7, 11) is 0. The van der Waals surface area contributed by atoms with Crippen molar-refractivity contribution in [3.8, 4) is 11.5 Å². The van der Waals surface area contributed by atoms with E-state index in [0.717, 1.165) is 5.75 Å². The fraction of sp³-hybridized carbons (Fsp3) is 0.417. The zero-order chi connectivity index (χ0) is 12.5. The number of hydrogen-bond donors (Lipinski definition) is 1. The molecule has 5 heteroatoms. The number of nitrogens with two attached hydrogens (primary N) is 1. The van der Waals surface area contributed by atoms with Crippen LogP contribution in [0.15, 0.2) is 24.3 Å². The van der Waals surface area contributed by atoms with Gasteiger partial charge in [0.15, 0.2) is 6.61 Å². The van der Waals surface area contributed by atoms with Crippen molar-refractivity contribution in [1.29, 1.82) is 0 Å². The Morgan fingerprint density at radius 3 is 2.29 bits per heavy atom. The van der Waals surface area contributed by atoms with Gasteiger partial charge in [-0.1, -0.05) is 0 Å². The predicted molar refractivity (Wildman–Crippen MR) is 63.1 cm³/mol. The van der Waals surface area contributed by atoms with Gasteiger partial charge in [0, 0.05) is 6.54 Å². The van der Waals surface area contributed by atoms with Crippen LogP contribution >= 0.6 is 0 Å². The van der Waals surface area contributed by atoms with E-state index in [1.807, 2.05) is 0 Å². The van der Waals surface area contributed by atoms with Crippen molar-refractivity contribution >= 4 is 5.97 Å². The van der Waals surface area contributed by atoms with E-state index in [4.69, 9.17) is 19.9 Å². The molecule has 1 aromatic rings. The van der Waals surface area contributed by atoms with Crippen LogP contribution in [0.5, 0.6) is 11.5 Å². The summed E-state index contributed by atoms with van der Waals surface area (Å²) in [5.41, 5.74) is 5.31. The van der Waals surface area contributed by atoms with Gasteiger partial charge in [0.2, 0.25) is 0 Å². The number of esters is 1. The molecule has 1 aromatic carbocycles. The number of carbonyl (C=O) groups excluding carboxylic acids is 1. The van der Waals surface area contributed by atoms with Crippen LogP contribution < -0.4 is 15.2 Å². The Balaban J connectivity index is 2.37. The van der Waals surface area contributed by atoms with Crippen molar-refractivity contribution in [3.63, 3.8) is 0 Å². The molecule has 0 aliphatic rings. The highest BCUT2D eigenvalue weighted by Crippen LogP contribution is 2.17. The number of hydrogen-bond acceptors (Lipinski definition) is 5. The first-order valence-electron chi connectivity index (χ1n) is 5.47. The van der Waals surface area contributed by atoms with Crippen LogP contribution in [0.4, 0.5) is 0 Å². The molecule has 1 rings (SSSR count). The zero-order valence-electron chi connectivity index (χ0n) is 9.85. The Morgan fingerprint density at radius 1 is 1.18 bits per heavy atom. The van der Waals surface area contributed by atoms with E-state index in [0.29, 0.717) is 25.5 Å². The molecule has 2 N–H and O–H groups in total. The van der Waals surface area contributed by atoms with Crippen LogP contribution in [-0.2, 0) is 9.53 Å². The quantitative estimate of drug-likeness (QED) is 0.718. The van der Waals surface area contributed by atoms with Gasteiger partial charge in [-0.05, 0) is 31.2 Å². The van der Waals surface area contributed by atoms with Crippen LogP contribution in [0.1, 0.15) is 6.92 Å². The third-order valence-electron chi connectivity index (χ3n) is 1.87. The molecule has 0 bridgehead atoms. The SMILES string of the molecule is CCOC(=O)COc1ccc(OCCN)cc1. The molecule has 0 aromatic heterocycles. The van der Waals surface area contributed by atoms with E-state index in [2.05, 4.69) is 0 Å². The van der Waals surface area contributed by atoms with Crippen molar-refractivity contribution in [2.45, 2.75) is 6.92 Å². The summed E-state index contributed by atoms with van der Waals surface area (Å²) in [6.45, 7) is 2.97. The van der Waals surface area contributed by atoms with Crippen molar-refractivity contribution in [3.05, 3.63) is 24.3 Å². The largest absolute Gasteiger partial charge is 0.492 e. The van der Waals surface area contributed by atoms with Crippen molar-refractivity contribution in [2.75, 3.05) is 26.4 Å². The third kappa shape index (κ3) is 5.21. The van der Waals surface area contributed by atoms with Gasteiger partial charge in [-0.3, -0.25) is 0 Å². The molecular formula is C12H17NO4. The molecule has 0 heterocycles. The summed E-state index contributed by atoms with van der Waals surface area (Å²) in [6.07, 6.45) is 0. The maximum Gasteiger partial charge on any atom is 0.344 e. The van der Waals surface area contributed by atoms with E-state index < -0.39 is 0 Å². The molecule has 0 aliphatic carbocycles. The lowest BCUT2D eigenvalue weighted by Gasteiger charge is -2.07. The highest BCUT2D eigenvalue weighted by molar-refractivity contribution is 5.71. The number of rotatable bonds is 7. The van der Waals surface area contributed by atoms with Gasteiger partial charge in [-0.25, -0.2) is 4.79 Å². The predicted octanol–water partition coefficient (Wildman–Crippen LogP) is 0.966. The second-order valence-corrected chi connectivity index (χ2v) is 3.20. The molecule has 0 amide bonds. The summed E-state index contributed by atoms with van der Waals surface area (Å²) in [6, 6.07) is 6.97. The minimum absolute atomic E-state index is 0.0865. The Morgan fingerprint density at radius 2 is 1.76 bits per heavy atom. The standard InChI is InChI=1S/C12H17NO4/c1-2-15-12(14)9-17-11-5-3-10(4-6-11)16-8-7-13/h3-6H,2,7-9,13H2,1H3. The first kappa shape index (κ1) is 13.3. The van der Waals surface area contributed by atoms with Crippen LogP contribution in [0.25, 0.3) is 0 Å². The lowest BCUT2D eigenvalue weighted by molar-refractivity contribution is -0.145. The van der Waals surface area contributed by atoms with Crippen LogP contribution in [0, 0.1) is 0 Å². The molecule has 0 spiro atoms. The normalized spacial score (nSPS) is 9.76. The second kappa shape index (κ2) is 7.51. The molecule has 0 unspecified atom stereocenters. The topological polar surface area (TPSA) is 70.8 Å². The highest BCUT2D eigenvalue weighted by atomic mass is 16.6. The summed E-state index contributed by atoms with van der Waals surface area (Å²) in [5, 5.41) is 0. The van der Waals surface area contributed by atoms with Crippen LogP contribution in [0.2, 0.25) is 0 Å². The van der Waals surface area contributed by atoms with Crippen LogP contribution in [-0.4, -0.2) is 32.3 Å². The number of benzene rings is 1. The Hall–Kier alpha value is -1.75. The lowest BCUT2D eigenvalue weighted by Crippen LogP contribution is -2.14. The van der Waals surface area contributed by atoms with Gasteiger partial charge in [-0.15, -0.1) is 0 Å². The van der Waals surface area contributed by atoms with E-state index >= 15 is 0 Å². The van der Waals surface area contributed by atoms with E-state index in [1.54, 1.807) is 31.2 Å². The molecule has 0 saturated heterocycles. The van der Waals surface area contributed by atoms with Gasteiger partial charge in [0.25, 0.3) is 0 Å². The van der Waals surface area contributed by atoms with Crippen molar-refractivity contribution in [2.24, 2.45) is 5.73 Å². The van der Waals surface area contributed by atoms with Gasteiger partial charge in [0.1, 0.15) is 18.1 Å². The highest BCUT2D eigenvalue weighted by Gasteiger charge is 2.02. The average Bonchev–Trinajstić information content (AvgIpc) is 2.35. The first-order chi connectivity index (χ1) is 8.26. The molecule has 17 heavy (non-hydrogen) atoms. The van der Waals surface area contributed by atoms with Crippen LogP contribution in [0.3, 0.4) is 0 Å². The van der Waals surface area contributed by atoms with E-state index in [1.165, 1.54) is 0 Å². The molecular weight excluding hydrogens is 222 g/mol. The molecule has 0 fully saturated rings. The van der Waals surface area contributed by atoms with Gasteiger partial charge >= 0.3 is 5.97 Å². The third-order valence-corrected chi connectivity index (χ3v) is 1.87. The van der Waals surface area contributed by atoms with Gasteiger partial charge in [-0.2, -0.15) is 0 Å². The minimum atomic E-state index is -0.379. The Kier molecular flexibility index (Phi) is 5.88.